The van der Waals surface area contributed by atoms with Gasteiger partial charge in [-0.25, -0.2) is 0 Å². The number of ketones is 1. The van der Waals surface area contributed by atoms with E-state index >= 15 is 0 Å². The number of hydrogen-bond acceptors (Lipinski definition) is 1. The molecule has 0 aromatic heterocycles. The number of rotatable bonds is 3. The van der Waals surface area contributed by atoms with Crippen LogP contribution in [0.1, 0.15) is 58.8 Å². The van der Waals surface area contributed by atoms with E-state index in [9.17, 15) is 4.79 Å². The van der Waals surface area contributed by atoms with E-state index in [0.717, 1.165) is 37.5 Å². The fourth-order valence-corrected chi connectivity index (χ4v) is 3.28. The van der Waals surface area contributed by atoms with Crippen LogP contribution in [0, 0.1) is 17.8 Å². The maximum atomic E-state index is 11.6. The summed E-state index contributed by atoms with van der Waals surface area (Å²) in [7, 11) is 0. The van der Waals surface area contributed by atoms with Gasteiger partial charge in [-0.05, 0) is 57.3 Å². The summed E-state index contributed by atoms with van der Waals surface area (Å²) in [6.45, 7) is 4.59. The first-order valence-electron chi connectivity index (χ1n) is 6.85. The lowest BCUT2D eigenvalue weighted by Gasteiger charge is -2.28. The van der Waals surface area contributed by atoms with Gasteiger partial charge >= 0.3 is 0 Å². The molecule has 0 heterocycles. The minimum absolute atomic E-state index is 0.405. The second-order valence-corrected chi connectivity index (χ2v) is 5.85. The lowest BCUT2D eigenvalue weighted by Crippen LogP contribution is -2.19. The summed E-state index contributed by atoms with van der Waals surface area (Å²) in [5.74, 6) is 2.50. The molecule has 90 valence electrons. The highest BCUT2D eigenvalue weighted by molar-refractivity contribution is 5.82. The van der Waals surface area contributed by atoms with Gasteiger partial charge < -0.3 is 0 Å². The van der Waals surface area contributed by atoms with Gasteiger partial charge in [-0.15, -0.1) is 0 Å². The van der Waals surface area contributed by atoms with E-state index in [4.69, 9.17) is 0 Å². The molecule has 0 N–H and O–H groups in total. The molecule has 0 bridgehead atoms. The minimum atomic E-state index is 0.405. The van der Waals surface area contributed by atoms with Crippen LogP contribution in [0.25, 0.3) is 0 Å². The summed E-state index contributed by atoms with van der Waals surface area (Å²) >= 11 is 0. The molecule has 1 fully saturated rings. The standard InChI is InChI=1S/C15H24O/c1-11-6-8-13(9-7-11)12(2)10-14-4-3-5-15(14)16/h6,12-14H,3-5,7-10H2,1-2H3/t12?,13-,14?/m0/s1. The molecule has 0 aliphatic heterocycles. The monoisotopic (exact) mass is 220 g/mol. The van der Waals surface area contributed by atoms with Crippen molar-refractivity contribution in [2.75, 3.05) is 0 Å². The van der Waals surface area contributed by atoms with Crippen LogP contribution in [0.5, 0.6) is 0 Å². The highest BCUT2D eigenvalue weighted by Crippen LogP contribution is 2.35. The van der Waals surface area contributed by atoms with E-state index in [1.807, 2.05) is 0 Å². The van der Waals surface area contributed by atoms with Crippen LogP contribution in [0.15, 0.2) is 11.6 Å². The minimum Gasteiger partial charge on any atom is -0.299 e. The van der Waals surface area contributed by atoms with Gasteiger partial charge in [0.15, 0.2) is 0 Å². The van der Waals surface area contributed by atoms with Crippen LogP contribution in [-0.4, -0.2) is 5.78 Å². The number of Topliss-reactive ketones (excluding diaryl/α,β-unsaturated/α-hetero) is 1. The Kier molecular flexibility index (Phi) is 3.83. The van der Waals surface area contributed by atoms with Crippen molar-refractivity contribution in [1.82, 2.24) is 0 Å². The molecular formula is C15H24O. The first-order chi connectivity index (χ1) is 7.66. The number of hydrogen-bond donors (Lipinski definition) is 0. The normalized spacial score (nSPS) is 32.6. The summed E-state index contributed by atoms with van der Waals surface area (Å²) in [5.41, 5.74) is 1.56. The highest BCUT2D eigenvalue weighted by atomic mass is 16.1. The van der Waals surface area contributed by atoms with Crippen molar-refractivity contribution in [3.63, 3.8) is 0 Å². The summed E-state index contributed by atoms with van der Waals surface area (Å²) < 4.78 is 0. The first-order valence-corrected chi connectivity index (χ1v) is 6.85. The Hall–Kier alpha value is -0.590. The van der Waals surface area contributed by atoms with Crippen LogP contribution in [0.4, 0.5) is 0 Å². The van der Waals surface area contributed by atoms with Gasteiger partial charge in [-0.1, -0.05) is 18.6 Å². The largest absolute Gasteiger partial charge is 0.299 e. The molecule has 0 amide bonds. The number of carbonyl (C=O) groups is 1. The SMILES string of the molecule is CC1=CC[C@H](C(C)CC2CCCC2=O)CC1. The predicted molar refractivity (Wildman–Crippen MR) is 67.2 cm³/mol. The van der Waals surface area contributed by atoms with Crippen molar-refractivity contribution < 1.29 is 4.79 Å². The topological polar surface area (TPSA) is 17.1 Å². The molecule has 0 aromatic rings. The van der Waals surface area contributed by atoms with Gasteiger partial charge in [0.2, 0.25) is 0 Å². The van der Waals surface area contributed by atoms with Gasteiger partial charge in [-0.2, -0.15) is 0 Å². The molecule has 1 nitrogen and oxygen atoms in total. The lowest BCUT2D eigenvalue weighted by molar-refractivity contribution is -0.121. The Morgan fingerprint density at radius 1 is 1.38 bits per heavy atom. The zero-order valence-electron chi connectivity index (χ0n) is 10.7. The molecule has 3 atom stereocenters. The van der Waals surface area contributed by atoms with Crippen LogP contribution >= 0.6 is 0 Å². The van der Waals surface area contributed by atoms with E-state index in [-0.39, 0.29) is 0 Å². The zero-order valence-corrected chi connectivity index (χ0v) is 10.7. The molecule has 0 radical (unpaired) electrons. The summed E-state index contributed by atoms with van der Waals surface area (Å²) in [6, 6.07) is 0. The van der Waals surface area contributed by atoms with Crippen molar-refractivity contribution in [2.45, 2.75) is 58.8 Å². The summed E-state index contributed by atoms with van der Waals surface area (Å²) in [6.07, 6.45) is 10.6. The third-order valence-electron chi connectivity index (χ3n) is 4.57. The lowest BCUT2D eigenvalue weighted by atomic mass is 9.77. The maximum Gasteiger partial charge on any atom is 0.135 e. The third kappa shape index (κ3) is 2.75. The van der Waals surface area contributed by atoms with Crippen LogP contribution in [0.3, 0.4) is 0 Å². The Balaban J connectivity index is 1.83. The van der Waals surface area contributed by atoms with E-state index in [1.54, 1.807) is 5.57 Å². The van der Waals surface area contributed by atoms with Gasteiger partial charge in [0, 0.05) is 12.3 Å². The van der Waals surface area contributed by atoms with Crippen molar-refractivity contribution in [1.29, 1.82) is 0 Å². The Morgan fingerprint density at radius 2 is 2.19 bits per heavy atom. The zero-order chi connectivity index (χ0) is 11.5. The second-order valence-electron chi connectivity index (χ2n) is 5.85. The summed E-state index contributed by atoms with van der Waals surface area (Å²) in [4.78, 5) is 11.6. The Bertz CT molecular complexity index is 290. The van der Waals surface area contributed by atoms with E-state index in [0.29, 0.717) is 11.7 Å². The fraction of sp³-hybridized carbons (Fsp3) is 0.800. The molecule has 2 rings (SSSR count). The molecule has 2 aliphatic rings. The van der Waals surface area contributed by atoms with Crippen molar-refractivity contribution in [3.05, 3.63) is 11.6 Å². The van der Waals surface area contributed by atoms with E-state index in [1.165, 1.54) is 19.3 Å². The first kappa shape index (κ1) is 11.9. The molecule has 1 saturated carbocycles. The van der Waals surface area contributed by atoms with E-state index < -0.39 is 0 Å². The van der Waals surface area contributed by atoms with Gasteiger partial charge in [0.05, 0.1) is 0 Å². The third-order valence-corrected chi connectivity index (χ3v) is 4.57. The number of allylic oxidation sites excluding steroid dienone is 2. The Morgan fingerprint density at radius 3 is 2.75 bits per heavy atom. The van der Waals surface area contributed by atoms with Gasteiger partial charge in [0.1, 0.15) is 5.78 Å². The molecule has 0 spiro atoms. The highest BCUT2D eigenvalue weighted by Gasteiger charge is 2.28. The summed E-state index contributed by atoms with van der Waals surface area (Å²) in [5, 5.41) is 0. The van der Waals surface area contributed by atoms with Gasteiger partial charge in [0.25, 0.3) is 0 Å². The molecule has 16 heavy (non-hydrogen) atoms. The van der Waals surface area contributed by atoms with E-state index in [2.05, 4.69) is 19.9 Å². The average Bonchev–Trinajstić information content (AvgIpc) is 2.65. The van der Waals surface area contributed by atoms with Crippen LogP contribution < -0.4 is 0 Å². The quantitative estimate of drug-likeness (QED) is 0.654. The number of carbonyl (C=O) groups excluding carboxylic acids is 1. The molecule has 1 heteroatoms. The van der Waals surface area contributed by atoms with Crippen molar-refractivity contribution in [3.8, 4) is 0 Å². The smallest absolute Gasteiger partial charge is 0.135 e. The van der Waals surface area contributed by atoms with Crippen LogP contribution in [0.2, 0.25) is 0 Å². The van der Waals surface area contributed by atoms with Crippen molar-refractivity contribution >= 4 is 5.78 Å². The average molecular weight is 220 g/mol. The molecule has 2 aliphatic carbocycles. The van der Waals surface area contributed by atoms with Crippen LogP contribution in [-0.2, 0) is 4.79 Å². The molecular weight excluding hydrogens is 196 g/mol. The second kappa shape index (κ2) is 5.16. The fourth-order valence-electron chi connectivity index (χ4n) is 3.28. The van der Waals surface area contributed by atoms with Gasteiger partial charge in [-0.3, -0.25) is 4.79 Å². The van der Waals surface area contributed by atoms with Crippen molar-refractivity contribution in [2.24, 2.45) is 17.8 Å². The Labute approximate surface area is 99.3 Å². The predicted octanol–water partition coefficient (Wildman–Crippen LogP) is 4.13. The molecule has 0 aromatic carbocycles. The molecule has 0 saturated heterocycles. The molecule has 2 unspecified atom stereocenters. The maximum absolute atomic E-state index is 11.6.